The zero-order valence-electron chi connectivity index (χ0n) is 10.9. The number of aromatic amines is 1. The summed E-state index contributed by atoms with van der Waals surface area (Å²) in [5, 5.41) is 3.29. The third kappa shape index (κ3) is 2.50. The molecule has 1 heterocycles. The van der Waals surface area contributed by atoms with Crippen molar-refractivity contribution in [2.24, 2.45) is 0 Å². The third-order valence-electron chi connectivity index (χ3n) is 3.66. The fourth-order valence-corrected chi connectivity index (χ4v) is 2.85. The molecule has 106 valence electrons. The van der Waals surface area contributed by atoms with Gasteiger partial charge >= 0.3 is 0 Å². The highest BCUT2D eigenvalue weighted by molar-refractivity contribution is 6.16. The van der Waals surface area contributed by atoms with Crippen molar-refractivity contribution in [2.75, 3.05) is 5.32 Å². The van der Waals surface area contributed by atoms with Gasteiger partial charge in [-0.15, -0.1) is 11.6 Å². The molecule has 0 atom stereocenters. The van der Waals surface area contributed by atoms with E-state index in [0.29, 0.717) is 23.1 Å². The van der Waals surface area contributed by atoms with E-state index in [1.54, 1.807) is 6.07 Å². The van der Waals surface area contributed by atoms with E-state index in [4.69, 9.17) is 11.6 Å². The van der Waals surface area contributed by atoms with Crippen LogP contribution in [0.2, 0.25) is 0 Å². The zero-order valence-corrected chi connectivity index (χ0v) is 11.6. The Morgan fingerprint density at radius 2 is 2.15 bits per heavy atom. The number of nitrogens with zero attached hydrogens (tertiary/aromatic N) is 1. The molecule has 0 radical (unpaired) electrons. The van der Waals surface area contributed by atoms with Gasteiger partial charge in [0.05, 0.1) is 11.4 Å². The Bertz CT molecular complexity index is 695. The van der Waals surface area contributed by atoms with Crippen LogP contribution in [-0.4, -0.2) is 16.0 Å². The second-order valence-electron chi connectivity index (χ2n) is 5.12. The molecular formula is C14H15ClFN3O. The van der Waals surface area contributed by atoms with Gasteiger partial charge in [0.15, 0.2) is 0 Å². The van der Waals surface area contributed by atoms with Crippen molar-refractivity contribution in [1.82, 2.24) is 9.97 Å². The Balaban J connectivity index is 2.05. The molecule has 0 bridgehead atoms. The summed E-state index contributed by atoms with van der Waals surface area (Å²) in [6.45, 7) is 0. The number of fused-ring (bicyclic) bond motifs is 1. The van der Waals surface area contributed by atoms with Crippen LogP contribution in [0.5, 0.6) is 0 Å². The normalized spacial score (nSPS) is 15.9. The number of hydrogen-bond donors (Lipinski definition) is 2. The Morgan fingerprint density at radius 1 is 1.40 bits per heavy atom. The SMILES string of the molecule is O=c1[nH]c(CCl)nc2cc(NC3CCCC3)cc(F)c12. The smallest absolute Gasteiger partial charge is 0.261 e. The second-order valence-corrected chi connectivity index (χ2v) is 5.39. The molecule has 0 amide bonds. The van der Waals surface area contributed by atoms with Crippen molar-refractivity contribution in [3.63, 3.8) is 0 Å². The Morgan fingerprint density at radius 3 is 2.85 bits per heavy atom. The molecule has 4 nitrogen and oxygen atoms in total. The number of hydrogen-bond acceptors (Lipinski definition) is 3. The summed E-state index contributed by atoms with van der Waals surface area (Å²) in [4.78, 5) is 18.5. The third-order valence-corrected chi connectivity index (χ3v) is 3.92. The summed E-state index contributed by atoms with van der Waals surface area (Å²) in [6.07, 6.45) is 4.58. The van der Waals surface area contributed by atoms with Gasteiger partial charge in [-0.2, -0.15) is 0 Å². The van der Waals surface area contributed by atoms with Crippen molar-refractivity contribution in [3.8, 4) is 0 Å². The molecular weight excluding hydrogens is 281 g/mol. The minimum absolute atomic E-state index is 0.0177. The van der Waals surface area contributed by atoms with Crippen LogP contribution in [-0.2, 0) is 5.88 Å². The summed E-state index contributed by atoms with van der Waals surface area (Å²) < 4.78 is 14.1. The topological polar surface area (TPSA) is 57.8 Å². The second kappa shape index (κ2) is 5.40. The molecule has 2 N–H and O–H groups in total. The van der Waals surface area contributed by atoms with Crippen molar-refractivity contribution >= 4 is 28.2 Å². The van der Waals surface area contributed by atoms with Crippen LogP contribution in [0.25, 0.3) is 10.9 Å². The first-order valence-electron chi connectivity index (χ1n) is 6.72. The van der Waals surface area contributed by atoms with Crippen LogP contribution in [0.4, 0.5) is 10.1 Å². The van der Waals surface area contributed by atoms with Gasteiger partial charge in [0.25, 0.3) is 5.56 Å². The Kier molecular flexibility index (Phi) is 3.61. The summed E-state index contributed by atoms with van der Waals surface area (Å²) >= 11 is 5.67. The van der Waals surface area contributed by atoms with Gasteiger partial charge < -0.3 is 10.3 Å². The van der Waals surface area contributed by atoms with Gasteiger partial charge in [0, 0.05) is 11.7 Å². The molecule has 1 saturated carbocycles. The number of nitrogens with one attached hydrogen (secondary N) is 2. The van der Waals surface area contributed by atoms with E-state index in [1.165, 1.54) is 18.9 Å². The molecule has 0 unspecified atom stereocenters. The zero-order chi connectivity index (χ0) is 14.1. The average Bonchev–Trinajstić information content (AvgIpc) is 2.90. The van der Waals surface area contributed by atoms with Crippen molar-refractivity contribution in [1.29, 1.82) is 0 Å². The monoisotopic (exact) mass is 295 g/mol. The van der Waals surface area contributed by atoms with E-state index in [0.717, 1.165) is 12.8 Å². The number of benzene rings is 1. The fourth-order valence-electron chi connectivity index (χ4n) is 2.72. The van der Waals surface area contributed by atoms with Gasteiger partial charge in [0.1, 0.15) is 17.0 Å². The van der Waals surface area contributed by atoms with E-state index in [1.807, 2.05) is 0 Å². The molecule has 2 aromatic rings. The van der Waals surface area contributed by atoms with Crippen LogP contribution < -0.4 is 10.9 Å². The van der Waals surface area contributed by atoms with Crippen molar-refractivity contribution in [2.45, 2.75) is 37.6 Å². The van der Waals surface area contributed by atoms with E-state index >= 15 is 0 Å². The molecule has 0 aliphatic heterocycles. The molecule has 6 heteroatoms. The molecule has 3 rings (SSSR count). The van der Waals surface area contributed by atoms with Crippen LogP contribution in [0.15, 0.2) is 16.9 Å². The fraction of sp³-hybridized carbons (Fsp3) is 0.429. The molecule has 0 spiro atoms. The van der Waals surface area contributed by atoms with E-state index in [-0.39, 0.29) is 11.3 Å². The molecule has 1 aromatic carbocycles. The van der Waals surface area contributed by atoms with Crippen molar-refractivity contribution < 1.29 is 4.39 Å². The van der Waals surface area contributed by atoms with E-state index in [2.05, 4.69) is 15.3 Å². The summed E-state index contributed by atoms with van der Waals surface area (Å²) in [5.74, 6) is -0.118. The van der Waals surface area contributed by atoms with Crippen LogP contribution in [0, 0.1) is 5.82 Å². The summed E-state index contributed by atoms with van der Waals surface area (Å²) in [7, 11) is 0. The van der Waals surface area contributed by atoms with Gasteiger partial charge in [-0.25, -0.2) is 9.37 Å². The quantitative estimate of drug-likeness (QED) is 0.855. The van der Waals surface area contributed by atoms with Crippen LogP contribution in [0.3, 0.4) is 0 Å². The maximum atomic E-state index is 14.1. The maximum Gasteiger partial charge on any atom is 0.261 e. The minimum atomic E-state index is -0.558. The molecule has 1 aliphatic carbocycles. The maximum absolute atomic E-state index is 14.1. The van der Waals surface area contributed by atoms with Crippen LogP contribution >= 0.6 is 11.6 Å². The average molecular weight is 296 g/mol. The van der Waals surface area contributed by atoms with Gasteiger partial charge in [-0.3, -0.25) is 4.79 Å². The minimum Gasteiger partial charge on any atom is -0.382 e. The first-order valence-corrected chi connectivity index (χ1v) is 7.26. The molecule has 1 aromatic heterocycles. The summed E-state index contributed by atoms with van der Waals surface area (Å²) in [6, 6.07) is 3.45. The standard InChI is InChI=1S/C14H15ClFN3O/c15-7-12-18-11-6-9(17-8-3-1-2-4-8)5-10(16)13(11)14(20)19-12/h5-6,8,17H,1-4,7H2,(H,18,19,20). The lowest BCUT2D eigenvalue weighted by Crippen LogP contribution is -2.16. The summed E-state index contributed by atoms with van der Waals surface area (Å²) in [5.41, 5.74) is 0.515. The largest absolute Gasteiger partial charge is 0.382 e. The number of anilines is 1. The van der Waals surface area contributed by atoms with E-state index < -0.39 is 11.4 Å². The first kappa shape index (κ1) is 13.4. The lowest BCUT2D eigenvalue weighted by Gasteiger charge is -2.14. The highest BCUT2D eigenvalue weighted by Crippen LogP contribution is 2.25. The number of alkyl halides is 1. The highest BCUT2D eigenvalue weighted by Gasteiger charge is 2.16. The molecule has 1 aliphatic rings. The van der Waals surface area contributed by atoms with Crippen LogP contribution in [0.1, 0.15) is 31.5 Å². The Hall–Kier alpha value is -1.62. The number of H-pyrrole nitrogens is 1. The van der Waals surface area contributed by atoms with E-state index in [9.17, 15) is 9.18 Å². The lowest BCUT2D eigenvalue weighted by atomic mass is 10.2. The van der Waals surface area contributed by atoms with Gasteiger partial charge in [-0.05, 0) is 25.0 Å². The predicted molar refractivity (Wildman–Crippen MR) is 77.8 cm³/mol. The first-order chi connectivity index (χ1) is 9.67. The number of aromatic nitrogens is 2. The number of rotatable bonds is 3. The molecule has 20 heavy (non-hydrogen) atoms. The Labute approximate surface area is 120 Å². The van der Waals surface area contributed by atoms with Gasteiger partial charge in [0.2, 0.25) is 0 Å². The number of halogens is 2. The molecule has 0 saturated heterocycles. The van der Waals surface area contributed by atoms with Gasteiger partial charge in [-0.1, -0.05) is 12.8 Å². The predicted octanol–water partition coefficient (Wildman–Crippen LogP) is 3.16. The lowest BCUT2D eigenvalue weighted by molar-refractivity contribution is 0.637. The highest BCUT2D eigenvalue weighted by atomic mass is 35.5. The van der Waals surface area contributed by atoms with Crippen molar-refractivity contribution in [3.05, 3.63) is 34.1 Å². The molecule has 1 fully saturated rings.